The van der Waals surface area contributed by atoms with E-state index in [0.29, 0.717) is 24.6 Å². The van der Waals surface area contributed by atoms with Gasteiger partial charge >= 0.3 is 0 Å². The summed E-state index contributed by atoms with van der Waals surface area (Å²) in [5.41, 5.74) is 0.730. The van der Waals surface area contributed by atoms with Crippen LogP contribution in [0.15, 0.2) is 36.7 Å². The van der Waals surface area contributed by atoms with E-state index in [1.54, 1.807) is 23.2 Å². The van der Waals surface area contributed by atoms with Gasteiger partial charge in [-0.3, -0.25) is 14.3 Å². The van der Waals surface area contributed by atoms with Crippen molar-refractivity contribution in [1.82, 2.24) is 15.1 Å². The summed E-state index contributed by atoms with van der Waals surface area (Å²) in [6.07, 6.45) is 4.63. The number of hydrogen-bond acceptors (Lipinski definition) is 5. The molecule has 8 nitrogen and oxygen atoms in total. The van der Waals surface area contributed by atoms with E-state index in [4.69, 9.17) is 9.47 Å². The third kappa shape index (κ3) is 3.35. The number of amides is 2. The summed E-state index contributed by atoms with van der Waals surface area (Å²) >= 11 is 0. The lowest BCUT2D eigenvalue weighted by molar-refractivity contribution is -0.126. The molecule has 1 aromatic heterocycles. The van der Waals surface area contributed by atoms with Gasteiger partial charge in [0.1, 0.15) is 0 Å². The Kier molecular flexibility index (Phi) is 4.47. The van der Waals surface area contributed by atoms with Gasteiger partial charge in [0, 0.05) is 50.2 Å². The highest BCUT2D eigenvalue weighted by Crippen LogP contribution is 2.37. The highest BCUT2D eigenvalue weighted by atomic mass is 16.7. The van der Waals surface area contributed by atoms with Crippen molar-refractivity contribution < 1.29 is 19.1 Å². The third-order valence-corrected chi connectivity index (χ3v) is 4.59. The van der Waals surface area contributed by atoms with Gasteiger partial charge < -0.3 is 19.7 Å². The number of aryl methyl sites for hydroxylation is 1. The fourth-order valence-electron chi connectivity index (χ4n) is 3.22. The molecule has 1 atom stereocenters. The first kappa shape index (κ1) is 16.4. The summed E-state index contributed by atoms with van der Waals surface area (Å²) in [5.74, 6) is 0.828. The predicted octanol–water partition coefficient (Wildman–Crippen LogP) is 1.17. The van der Waals surface area contributed by atoms with Crippen molar-refractivity contribution in [2.24, 2.45) is 5.92 Å². The molecule has 2 amide bonds. The monoisotopic (exact) mass is 356 g/mol. The summed E-state index contributed by atoms with van der Waals surface area (Å²) in [6, 6.07) is 7.25. The van der Waals surface area contributed by atoms with E-state index in [1.165, 1.54) is 0 Å². The van der Waals surface area contributed by atoms with Gasteiger partial charge in [-0.2, -0.15) is 5.10 Å². The molecule has 0 radical (unpaired) electrons. The van der Waals surface area contributed by atoms with Crippen molar-refractivity contribution in [2.45, 2.75) is 19.4 Å². The Labute approximate surface area is 150 Å². The van der Waals surface area contributed by atoms with E-state index in [0.717, 1.165) is 18.7 Å². The molecular formula is C18H20N4O4. The Morgan fingerprint density at radius 1 is 1.31 bits per heavy atom. The molecule has 0 aliphatic carbocycles. The van der Waals surface area contributed by atoms with Gasteiger partial charge in [-0.15, -0.1) is 0 Å². The van der Waals surface area contributed by atoms with Crippen molar-refractivity contribution in [3.8, 4) is 11.5 Å². The smallest absolute Gasteiger partial charge is 0.231 e. The predicted molar refractivity (Wildman–Crippen MR) is 92.9 cm³/mol. The summed E-state index contributed by atoms with van der Waals surface area (Å²) in [7, 11) is 0. The topological polar surface area (TPSA) is 85.7 Å². The number of aromatic nitrogens is 2. The molecule has 2 aliphatic rings. The maximum Gasteiger partial charge on any atom is 0.231 e. The molecule has 136 valence electrons. The average molecular weight is 356 g/mol. The Hall–Kier alpha value is -3.03. The van der Waals surface area contributed by atoms with E-state index in [9.17, 15) is 9.59 Å². The molecule has 0 saturated carbocycles. The molecule has 2 aromatic rings. The van der Waals surface area contributed by atoms with E-state index in [-0.39, 0.29) is 30.9 Å². The van der Waals surface area contributed by atoms with Crippen LogP contribution in [0.5, 0.6) is 11.5 Å². The molecule has 0 unspecified atom stereocenters. The lowest BCUT2D eigenvalue weighted by atomic mass is 10.1. The number of carbonyl (C=O) groups excluding carboxylic acids is 2. The number of benzene rings is 1. The number of ether oxygens (including phenoxy) is 2. The molecular weight excluding hydrogens is 336 g/mol. The number of nitrogens with zero attached hydrogens (tertiary/aromatic N) is 3. The van der Waals surface area contributed by atoms with Crippen molar-refractivity contribution in [2.75, 3.05) is 24.8 Å². The van der Waals surface area contributed by atoms with Crippen LogP contribution in [0, 0.1) is 5.92 Å². The van der Waals surface area contributed by atoms with Crippen LogP contribution in [0.4, 0.5) is 5.69 Å². The SMILES string of the molecule is O=C(NCCCn1cccn1)[C@@H]1CC(=O)N(c2ccc3c(c2)OCO3)C1. The van der Waals surface area contributed by atoms with Gasteiger partial charge in [-0.25, -0.2) is 0 Å². The van der Waals surface area contributed by atoms with Gasteiger partial charge in [-0.05, 0) is 24.6 Å². The summed E-state index contributed by atoms with van der Waals surface area (Å²) in [4.78, 5) is 26.3. The molecule has 8 heteroatoms. The lowest BCUT2D eigenvalue weighted by Crippen LogP contribution is -2.33. The van der Waals surface area contributed by atoms with Gasteiger partial charge in [-0.1, -0.05) is 0 Å². The molecule has 2 aliphatic heterocycles. The maximum absolute atomic E-state index is 12.4. The Morgan fingerprint density at radius 2 is 2.19 bits per heavy atom. The number of nitrogens with one attached hydrogen (secondary N) is 1. The molecule has 1 fully saturated rings. The number of carbonyl (C=O) groups is 2. The minimum absolute atomic E-state index is 0.0550. The number of hydrogen-bond donors (Lipinski definition) is 1. The quantitative estimate of drug-likeness (QED) is 0.786. The van der Waals surface area contributed by atoms with Crippen LogP contribution in [0.25, 0.3) is 0 Å². The van der Waals surface area contributed by atoms with Gasteiger partial charge in [0.2, 0.25) is 18.6 Å². The highest BCUT2D eigenvalue weighted by molar-refractivity contribution is 6.00. The summed E-state index contributed by atoms with van der Waals surface area (Å²) in [6.45, 7) is 1.88. The minimum atomic E-state index is -0.336. The van der Waals surface area contributed by atoms with Gasteiger partial charge in [0.25, 0.3) is 0 Å². The first-order valence-electron chi connectivity index (χ1n) is 8.66. The maximum atomic E-state index is 12.4. The zero-order chi connectivity index (χ0) is 17.9. The van der Waals surface area contributed by atoms with Crippen LogP contribution in [-0.4, -0.2) is 41.5 Å². The van der Waals surface area contributed by atoms with Crippen LogP contribution in [0.1, 0.15) is 12.8 Å². The number of rotatable bonds is 6. The fourth-order valence-corrected chi connectivity index (χ4v) is 3.22. The Balaban J connectivity index is 1.30. The average Bonchev–Trinajstić information content (AvgIpc) is 3.38. The largest absolute Gasteiger partial charge is 0.454 e. The molecule has 0 spiro atoms. The van der Waals surface area contributed by atoms with E-state index >= 15 is 0 Å². The van der Waals surface area contributed by atoms with Gasteiger partial charge in [0.05, 0.1) is 5.92 Å². The van der Waals surface area contributed by atoms with Crippen LogP contribution in [0.2, 0.25) is 0 Å². The van der Waals surface area contributed by atoms with Crippen LogP contribution < -0.4 is 19.7 Å². The van der Waals surface area contributed by atoms with E-state index in [1.807, 2.05) is 23.0 Å². The minimum Gasteiger partial charge on any atom is -0.454 e. The molecule has 3 heterocycles. The third-order valence-electron chi connectivity index (χ3n) is 4.59. The van der Waals surface area contributed by atoms with Crippen LogP contribution in [-0.2, 0) is 16.1 Å². The fraction of sp³-hybridized carbons (Fsp3) is 0.389. The van der Waals surface area contributed by atoms with E-state index in [2.05, 4.69) is 10.4 Å². The normalized spacial score (nSPS) is 18.4. The van der Waals surface area contributed by atoms with Crippen LogP contribution >= 0.6 is 0 Å². The summed E-state index contributed by atoms with van der Waals surface area (Å²) < 4.78 is 12.5. The zero-order valence-corrected chi connectivity index (χ0v) is 14.3. The second kappa shape index (κ2) is 7.07. The number of fused-ring (bicyclic) bond motifs is 1. The first-order valence-corrected chi connectivity index (χ1v) is 8.66. The molecule has 26 heavy (non-hydrogen) atoms. The van der Waals surface area contributed by atoms with Crippen molar-refractivity contribution in [1.29, 1.82) is 0 Å². The second-order valence-corrected chi connectivity index (χ2v) is 6.36. The van der Waals surface area contributed by atoms with Crippen molar-refractivity contribution >= 4 is 17.5 Å². The zero-order valence-electron chi connectivity index (χ0n) is 14.3. The molecule has 1 N–H and O–H groups in total. The molecule has 1 aromatic carbocycles. The first-order chi connectivity index (χ1) is 12.7. The molecule has 0 bridgehead atoms. The summed E-state index contributed by atoms with van der Waals surface area (Å²) in [5, 5.41) is 7.04. The van der Waals surface area contributed by atoms with Crippen LogP contribution in [0.3, 0.4) is 0 Å². The highest BCUT2D eigenvalue weighted by Gasteiger charge is 2.35. The molecule has 1 saturated heterocycles. The van der Waals surface area contributed by atoms with Crippen molar-refractivity contribution in [3.05, 3.63) is 36.7 Å². The Bertz CT molecular complexity index is 806. The molecule has 4 rings (SSSR count). The lowest BCUT2D eigenvalue weighted by Gasteiger charge is -2.17. The number of anilines is 1. The van der Waals surface area contributed by atoms with Gasteiger partial charge in [0.15, 0.2) is 11.5 Å². The second-order valence-electron chi connectivity index (χ2n) is 6.36. The van der Waals surface area contributed by atoms with E-state index < -0.39 is 0 Å². The Morgan fingerprint density at radius 3 is 3.04 bits per heavy atom. The van der Waals surface area contributed by atoms with Crippen molar-refractivity contribution in [3.63, 3.8) is 0 Å². The standard InChI is InChI=1S/C18H20N4O4/c23-17-9-13(18(24)19-5-1-7-21-8-2-6-20-21)11-22(17)14-3-4-15-16(10-14)26-12-25-15/h2-4,6,8,10,13H,1,5,7,9,11-12H2,(H,19,24)/t13-/m1/s1.